The summed E-state index contributed by atoms with van der Waals surface area (Å²) in [4.78, 5) is 17.2. The second-order valence-corrected chi connectivity index (χ2v) is 4.97. The average Bonchev–Trinajstić information content (AvgIpc) is 3.04. The van der Waals surface area contributed by atoms with Crippen LogP contribution in [0.3, 0.4) is 0 Å². The lowest BCUT2D eigenvalue weighted by atomic mass is 10.2. The van der Waals surface area contributed by atoms with Gasteiger partial charge in [-0.1, -0.05) is 0 Å². The number of hydroxylamine groups is 1. The van der Waals surface area contributed by atoms with E-state index in [1.807, 2.05) is 0 Å². The van der Waals surface area contributed by atoms with E-state index in [1.165, 1.54) is 16.8 Å². The standard InChI is InChI=1S/C15H16FN3O3/c16-11-4-6-12(7-5-11)19-9-8-13(17-19)15(20)18-22-14-3-1-2-10-21-14/h4-9,14H,1-3,10H2,(H,18,20). The molecule has 1 aromatic carbocycles. The molecule has 6 nitrogen and oxygen atoms in total. The number of carbonyl (C=O) groups is 1. The first kappa shape index (κ1) is 14.7. The molecule has 1 unspecified atom stereocenters. The third-order valence-corrected chi connectivity index (χ3v) is 3.33. The van der Waals surface area contributed by atoms with Crippen LogP contribution in [0.25, 0.3) is 5.69 Å². The zero-order valence-corrected chi connectivity index (χ0v) is 11.9. The van der Waals surface area contributed by atoms with Gasteiger partial charge in [-0.3, -0.25) is 4.79 Å². The number of halogens is 1. The first-order chi connectivity index (χ1) is 10.7. The van der Waals surface area contributed by atoms with E-state index in [2.05, 4.69) is 10.6 Å². The minimum atomic E-state index is -0.449. The fraction of sp³-hybridized carbons (Fsp3) is 0.333. The highest BCUT2D eigenvalue weighted by Crippen LogP contribution is 2.13. The van der Waals surface area contributed by atoms with Crippen molar-refractivity contribution >= 4 is 5.91 Å². The monoisotopic (exact) mass is 305 g/mol. The lowest BCUT2D eigenvalue weighted by Gasteiger charge is -2.21. The number of nitrogens with one attached hydrogen (secondary N) is 1. The predicted octanol–water partition coefficient (Wildman–Crippen LogP) is 2.20. The second-order valence-electron chi connectivity index (χ2n) is 4.97. The van der Waals surface area contributed by atoms with E-state index in [-0.39, 0.29) is 11.5 Å². The van der Waals surface area contributed by atoms with Crippen LogP contribution in [0, 0.1) is 5.82 Å². The van der Waals surface area contributed by atoms with Crippen LogP contribution in [-0.4, -0.2) is 28.6 Å². The van der Waals surface area contributed by atoms with Crippen LogP contribution in [-0.2, 0) is 9.57 Å². The quantitative estimate of drug-likeness (QED) is 0.880. The SMILES string of the molecule is O=C(NOC1CCCCO1)c1ccn(-c2ccc(F)cc2)n1. The lowest BCUT2D eigenvalue weighted by molar-refractivity contribution is -0.186. The molecule has 0 saturated carbocycles. The Morgan fingerprint density at radius 2 is 2.14 bits per heavy atom. The molecule has 0 aliphatic carbocycles. The van der Waals surface area contributed by atoms with Gasteiger partial charge in [0.15, 0.2) is 12.0 Å². The van der Waals surface area contributed by atoms with Gasteiger partial charge in [0.1, 0.15) is 5.82 Å². The van der Waals surface area contributed by atoms with Gasteiger partial charge in [-0.25, -0.2) is 19.4 Å². The fourth-order valence-electron chi connectivity index (χ4n) is 2.16. The number of aromatic nitrogens is 2. The smallest absolute Gasteiger partial charge is 0.295 e. The number of ether oxygens (including phenoxy) is 1. The Balaban J connectivity index is 1.60. The highest BCUT2D eigenvalue weighted by molar-refractivity contribution is 5.91. The van der Waals surface area contributed by atoms with E-state index >= 15 is 0 Å². The molecule has 1 atom stereocenters. The van der Waals surface area contributed by atoms with Crippen LogP contribution in [0.1, 0.15) is 29.8 Å². The van der Waals surface area contributed by atoms with Gasteiger partial charge in [-0.05, 0) is 43.2 Å². The normalized spacial score (nSPS) is 18.1. The van der Waals surface area contributed by atoms with E-state index in [9.17, 15) is 9.18 Å². The zero-order chi connectivity index (χ0) is 15.4. The molecular weight excluding hydrogens is 289 g/mol. The molecule has 0 radical (unpaired) electrons. The Hall–Kier alpha value is -2.25. The van der Waals surface area contributed by atoms with E-state index < -0.39 is 12.2 Å². The van der Waals surface area contributed by atoms with Gasteiger partial charge in [0.2, 0.25) is 0 Å². The number of benzene rings is 1. The molecule has 3 rings (SSSR count). The van der Waals surface area contributed by atoms with Gasteiger partial charge in [-0.2, -0.15) is 5.10 Å². The van der Waals surface area contributed by atoms with Crippen LogP contribution in [0.2, 0.25) is 0 Å². The summed E-state index contributed by atoms with van der Waals surface area (Å²) in [5, 5.41) is 4.14. The van der Waals surface area contributed by atoms with Crippen molar-refractivity contribution in [1.82, 2.24) is 15.3 Å². The van der Waals surface area contributed by atoms with Crippen LogP contribution in [0.4, 0.5) is 4.39 Å². The predicted molar refractivity (Wildman–Crippen MR) is 75.7 cm³/mol. The van der Waals surface area contributed by atoms with E-state index in [1.54, 1.807) is 24.4 Å². The number of amides is 1. The number of hydrogen-bond acceptors (Lipinski definition) is 4. The van der Waals surface area contributed by atoms with Gasteiger partial charge in [0.05, 0.1) is 5.69 Å². The van der Waals surface area contributed by atoms with E-state index in [0.717, 1.165) is 19.3 Å². The summed E-state index contributed by atoms with van der Waals surface area (Å²) in [5.41, 5.74) is 3.22. The number of nitrogens with zero attached hydrogens (tertiary/aromatic N) is 2. The van der Waals surface area contributed by atoms with Gasteiger partial charge < -0.3 is 4.74 Å². The molecule has 116 valence electrons. The summed E-state index contributed by atoms with van der Waals surface area (Å²) < 4.78 is 19.7. The summed E-state index contributed by atoms with van der Waals surface area (Å²) in [6, 6.07) is 7.39. The van der Waals surface area contributed by atoms with Crippen molar-refractivity contribution in [2.24, 2.45) is 0 Å². The van der Waals surface area contributed by atoms with Gasteiger partial charge in [0, 0.05) is 19.2 Å². The molecule has 1 aliphatic rings. The van der Waals surface area contributed by atoms with Crippen LogP contribution in [0.15, 0.2) is 36.5 Å². The van der Waals surface area contributed by atoms with Crippen molar-refractivity contribution in [3.05, 3.63) is 48.0 Å². The molecule has 0 spiro atoms. The molecule has 1 aromatic heterocycles. The molecule has 7 heteroatoms. The second kappa shape index (κ2) is 6.67. The number of hydrogen-bond donors (Lipinski definition) is 1. The highest BCUT2D eigenvalue weighted by Gasteiger charge is 2.17. The zero-order valence-electron chi connectivity index (χ0n) is 11.9. The van der Waals surface area contributed by atoms with Crippen molar-refractivity contribution in [2.75, 3.05) is 6.61 Å². The summed E-state index contributed by atoms with van der Waals surface area (Å²) in [7, 11) is 0. The van der Waals surface area contributed by atoms with Crippen LogP contribution < -0.4 is 5.48 Å². The Morgan fingerprint density at radius 3 is 2.86 bits per heavy atom. The molecule has 1 N–H and O–H groups in total. The first-order valence-electron chi connectivity index (χ1n) is 7.11. The maximum Gasteiger partial charge on any atom is 0.295 e. The highest BCUT2D eigenvalue weighted by atomic mass is 19.1. The third-order valence-electron chi connectivity index (χ3n) is 3.33. The van der Waals surface area contributed by atoms with Crippen molar-refractivity contribution in [1.29, 1.82) is 0 Å². The maximum absolute atomic E-state index is 12.9. The van der Waals surface area contributed by atoms with E-state index in [4.69, 9.17) is 9.57 Å². The molecule has 22 heavy (non-hydrogen) atoms. The topological polar surface area (TPSA) is 65.4 Å². The summed E-state index contributed by atoms with van der Waals surface area (Å²) in [5.74, 6) is -0.773. The fourth-order valence-corrected chi connectivity index (χ4v) is 2.16. The van der Waals surface area contributed by atoms with Crippen LogP contribution in [0.5, 0.6) is 0 Å². The third kappa shape index (κ3) is 3.49. The Bertz CT molecular complexity index is 636. The molecule has 1 saturated heterocycles. The van der Waals surface area contributed by atoms with Crippen molar-refractivity contribution in [3.63, 3.8) is 0 Å². The van der Waals surface area contributed by atoms with Crippen LogP contribution >= 0.6 is 0 Å². The van der Waals surface area contributed by atoms with Gasteiger partial charge in [0.25, 0.3) is 5.91 Å². The molecule has 1 aliphatic heterocycles. The molecule has 2 aromatic rings. The Labute approximate surface area is 126 Å². The van der Waals surface area contributed by atoms with Gasteiger partial charge in [-0.15, -0.1) is 0 Å². The molecular formula is C15H16FN3O3. The lowest BCUT2D eigenvalue weighted by Crippen LogP contribution is -2.33. The van der Waals surface area contributed by atoms with E-state index in [0.29, 0.717) is 12.3 Å². The van der Waals surface area contributed by atoms with Crippen molar-refractivity contribution in [3.8, 4) is 5.69 Å². The minimum absolute atomic E-state index is 0.208. The maximum atomic E-state index is 12.9. The minimum Gasteiger partial charge on any atom is -0.350 e. The summed E-state index contributed by atoms with van der Waals surface area (Å²) in [6.07, 6.45) is 4.00. The molecule has 1 amide bonds. The van der Waals surface area contributed by atoms with Gasteiger partial charge >= 0.3 is 0 Å². The summed E-state index contributed by atoms with van der Waals surface area (Å²) in [6.45, 7) is 0.639. The number of carbonyl (C=O) groups excluding carboxylic acids is 1. The summed E-state index contributed by atoms with van der Waals surface area (Å²) >= 11 is 0. The Morgan fingerprint density at radius 1 is 1.32 bits per heavy atom. The molecule has 2 heterocycles. The first-order valence-corrected chi connectivity index (χ1v) is 7.11. The Kier molecular flexibility index (Phi) is 4.45. The largest absolute Gasteiger partial charge is 0.350 e. The molecule has 0 bridgehead atoms. The van der Waals surface area contributed by atoms with Crippen molar-refractivity contribution in [2.45, 2.75) is 25.6 Å². The molecule has 1 fully saturated rings. The average molecular weight is 305 g/mol. The van der Waals surface area contributed by atoms with Crippen molar-refractivity contribution < 1.29 is 18.8 Å². The number of rotatable bonds is 4.